The van der Waals surface area contributed by atoms with E-state index in [0.717, 1.165) is 22.5 Å². The lowest BCUT2D eigenvalue weighted by Crippen LogP contribution is -2.44. The number of fused-ring (bicyclic) bond motifs is 1. The molecule has 1 aliphatic rings. The molecule has 0 saturated carbocycles. The molecule has 3 rings (SSSR count). The molecule has 1 unspecified atom stereocenters. The largest absolute Gasteiger partial charge is 0.445 e. The third-order valence-electron chi connectivity index (χ3n) is 5.87. The quantitative estimate of drug-likeness (QED) is 0.433. The molecule has 9 heteroatoms. The molecule has 1 fully saturated rings. The summed E-state index contributed by atoms with van der Waals surface area (Å²) in [6.45, 7) is 15.6. The van der Waals surface area contributed by atoms with Crippen molar-refractivity contribution in [2.75, 3.05) is 13.2 Å². The zero-order valence-corrected chi connectivity index (χ0v) is 20.3. The summed E-state index contributed by atoms with van der Waals surface area (Å²) in [6.07, 6.45) is 6.62. The van der Waals surface area contributed by atoms with E-state index in [1.165, 1.54) is 0 Å². The predicted molar refractivity (Wildman–Crippen MR) is 121 cm³/mol. The first-order valence-corrected chi connectivity index (χ1v) is 14.0. The van der Waals surface area contributed by atoms with Crippen molar-refractivity contribution in [1.82, 2.24) is 14.3 Å². The van der Waals surface area contributed by atoms with E-state index in [0.29, 0.717) is 11.8 Å². The fourth-order valence-electron chi connectivity index (χ4n) is 3.33. The van der Waals surface area contributed by atoms with E-state index >= 15 is 0 Å². The van der Waals surface area contributed by atoms with Crippen LogP contribution >= 0.6 is 22.9 Å². The van der Waals surface area contributed by atoms with Gasteiger partial charge in [0.1, 0.15) is 11.4 Å². The van der Waals surface area contributed by atoms with Gasteiger partial charge in [-0.3, -0.25) is 4.40 Å². The van der Waals surface area contributed by atoms with Crippen molar-refractivity contribution in [2.24, 2.45) is 0 Å². The van der Waals surface area contributed by atoms with E-state index < -0.39 is 8.32 Å². The van der Waals surface area contributed by atoms with Crippen molar-refractivity contribution < 1.29 is 14.0 Å². The maximum atomic E-state index is 12.7. The predicted octanol–water partition coefficient (Wildman–Crippen LogP) is 5.38. The van der Waals surface area contributed by atoms with E-state index in [9.17, 15) is 4.79 Å². The van der Waals surface area contributed by atoms with E-state index in [4.69, 9.17) is 20.8 Å². The molecule has 0 aromatic carbocycles. The van der Waals surface area contributed by atoms with Crippen LogP contribution in [-0.2, 0) is 15.6 Å². The topological polar surface area (TPSA) is 56.1 Å². The molecule has 0 bridgehead atoms. The first-order valence-electron chi connectivity index (χ1n) is 9.85. The molecular weight excluding hydrogens is 426 g/mol. The maximum absolute atomic E-state index is 12.7. The number of hydrogen-bond acceptors (Lipinski definition) is 5. The Labute approximate surface area is 182 Å². The molecule has 0 spiro atoms. The highest BCUT2D eigenvalue weighted by Gasteiger charge is 2.44. The Hall–Kier alpha value is -1.35. The first kappa shape index (κ1) is 22.3. The highest BCUT2D eigenvalue weighted by atomic mass is 35.5. The van der Waals surface area contributed by atoms with Gasteiger partial charge in [0.25, 0.3) is 0 Å². The van der Waals surface area contributed by atoms with Gasteiger partial charge in [-0.2, -0.15) is 0 Å². The monoisotopic (exact) mass is 455 g/mol. The minimum Gasteiger partial charge on any atom is -0.445 e. The van der Waals surface area contributed by atoms with Crippen LogP contribution in [0.25, 0.3) is 4.83 Å². The number of hydrogen-bond donors (Lipinski definition) is 0. The summed E-state index contributed by atoms with van der Waals surface area (Å²) >= 11 is 7.77. The van der Waals surface area contributed by atoms with Crippen LogP contribution in [0, 0.1) is 0 Å². The summed E-state index contributed by atoms with van der Waals surface area (Å²) in [5, 5.41) is 0.575. The standard InChI is InChI=1S/C20H30ClN3O3SSi/c1-7-8-26-19(25)23-12-15(27-29(5,6)20(2,3)4)9-14(23)10-16-13-24-17(28-16)11-22-18(24)21/h7,11,13-15H,1,8-10,12H2,2-6H3/t14?,15-/m1/s1. The van der Waals surface area contributed by atoms with Gasteiger partial charge in [-0.1, -0.05) is 33.4 Å². The molecule has 29 heavy (non-hydrogen) atoms. The number of aromatic nitrogens is 2. The SMILES string of the molecule is C=CCOC(=O)N1C[C@H](O[Si](C)(C)C(C)(C)C)CC1Cc1cn2c(Cl)ncc2s1. The number of ether oxygens (including phenoxy) is 1. The van der Waals surface area contributed by atoms with Crippen LogP contribution in [0.5, 0.6) is 0 Å². The van der Waals surface area contributed by atoms with Crippen LogP contribution in [0.2, 0.25) is 23.4 Å². The van der Waals surface area contributed by atoms with Gasteiger partial charge in [-0.25, -0.2) is 9.78 Å². The molecule has 0 radical (unpaired) electrons. The van der Waals surface area contributed by atoms with Gasteiger partial charge < -0.3 is 14.1 Å². The van der Waals surface area contributed by atoms with Crippen LogP contribution in [0.1, 0.15) is 32.1 Å². The lowest BCUT2D eigenvalue weighted by molar-refractivity contribution is 0.103. The second-order valence-corrected chi connectivity index (χ2v) is 15.3. The van der Waals surface area contributed by atoms with Gasteiger partial charge in [0, 0.05) is 30.1 Å². The van der Waals surface area contributed by atoms with Gasteiger partial charge in [-0.05, 0) is 36.2 Å². The fraction of sp³-hybridized carbons (Fsp3) is 0.600. The summed E-state index contributed by atoms with van der Waals surface area (Å²) in [5.41, 5.74) is 0. The van der Waals surface area contributed by atoms with E-state index in [1.807, 2.05) is 15.5 Å². The van der Waals surface area contributed by atoms with Gasteiger partial charge in [0.15, 0.2) is 8.32 Å². The van der Waals surface area contributed by atoms with Crippen molar-refractivity contribution >= 4 is 42.2 Å². The molecule has 0 N–H and O–H groups in total. The number of thiazole rings is 1. The van der Waals surface area contributed by atoms with E-state index in [1.54, 1.807) is 23.6 Å². The number of rotatable bonds is 6. The molecule has 6 nitrogen and oxygen atoms in total. The average Bonchev–Trinajstić information content (AvgIpc) is 3.28. The van der Waals surface area contributed by atoms with Crippen molar-refractivity contribution in [3.8, 4) is 0 Å². The molecule has 2 atom stereocenters. The Morgan fingerprint density at radius 1 is 1.48 bits per heavy atom. The summed E-state index contributed by atoms with van der Waals surface area (Å²) in [4.78, 5) is 20.7. The number of amides is 1. The molecule has 2 aromatic heterocycles. The minimum atomic E-state index is -1.93. The highest BCUT2D eigenvalue weighted by Crippen LogP contribution is 2.39. The molecule has 2 aromatic rings. The minimum absolute atomic E-state index is 0.0216. The highest BCUT2D eigenvalue weighted by molar-refractivity contribution is 7.17. The lowest BCUT2D eigenvalue weighted by Gasteiger charge is -2.38. The number of nitrogens with zero attached hydrogens (tertiary/aromatic N) is 3. The van der Waals surface area contributed by atoms with Crippen molar-refractivity contribution in [1.29, 1.82) is 0 Å². The number of carbonyl (C=O) groups is 1. The number of carbonyl (C=O) groups excluding carboxylic acids is 1. The molecule has 3 heterocycles. The lowest BCUT2D eigenvalue weighted by atomic mass is 10.1. The van der Waals surface area contributed by atoms with Gasteiger partial charge in [0.2, 0.25) is 5.28 Å². The molecule has 0 aliphatic carbocycles. The first-order chi connectivity index (χ1) is 13.5. The Bertz CT molecular complexity index is 889. The average molecular weight is 456 g/mol. The maximum Gasteiger partial charge on any atom is 0.410 e. The van der Waals surface area contributed by atoms with Gasteiger partial charge in [0.05, 0.1) is 12.3 Å². The Morgan fingerprint density at radius 3 is 2.83 bits per heavy atom. The van der Waals surface area contributed by atoms with Crippen molar-refractivity contribution in [3.63, 3.8) is 0 Å². The Morgan fingerprint density at radius 2 is 2.21 bits per heavy atom. The Kier molecular flexibility index (Phi) is 6.48. The third kappa shape index (κ3) is 4.87. The number of halogens is 1. The molecular formula is C20H30ClN3O3SSi. The third-order valence-corrected chi connectivity index (χ3v) is 11.7. The van der Waals surface area contributed by atoms with Gasteiger partial charge in [-0.15, -0.1) is 11.3 Å². The molecule has 1 amide bonds. The number of likely N-dealkylation sites (tertiary alicyclic amines) is 1. The zero-order valence-electron chi connectivity index (χ0n) is 17.8. The van der Waals surface area contributed by atoms with Crippen LogP contribution in [0.15, 0.2) is 25.0 Å². The van der Waals surface area contributed by atoms with Crippen molar-refractivity contribution in [2.45, 2.75) is 63.9 Å². The van der Waals surface area contributed by atoms with E-state index in [-0.39, 0.29) is 29.9 Å². The summed E-state index contributed by atoms with van der Waals surface area (Å²) < 4.78 is 13.8. The van der Waals surface area contributed by atoms with Gasteiger partial charge >= 0.3 is 6.09 Å². The van der Waals surface area contributed by atoms with Crippen LogP contribution in [0.3, 0.4) is 0 Å². The Balaban J connectivity index is 1.77. The van der Waals surface area contributed by atoms with Crippen LogP contribution in [0.4, 0.5) is 4.79 Å². The number of imidazole rings is 1. The normalized spacial score (nSPS) is 20.4. The molecule has 160 valence electrons. The summed E-state index contributed by atoms with van der Waals surface area (Å²) in [5.74, 6) is 0. The fourth-order valence-corrected chi connectivity index (χ4v) is 5.97. The van der Waals surface area contributed by atoms with Crippen LogP contribution in [-0.4, -0.2) is 54.0 Å². The van der Waals surface area contributed by atoms with E-state index in [2.05, 4.69) is 45.4 Å². The van der Waals surface area contributed by atoms with Crippen LogP contribution < -0.4 is 0 Å². The summed E-state index contributed by atoms with van der Waals surface area (Å²) in [6, 6.07) is 0.0252. The second-order valence-electron chi connectivity index (χ2n) is 9.04. The molecule has 1 aliphatic heterocycles. The molecule has 1 saturated heterocycles. The second kappa shape index (κ2) is 8.41. The smallest absolute Gasteiger partial charge is 0.410 e. The van der Waals surface area contributed by atoms with Crippen molar-refractivity contribution in [3.05, 3.63) is 35.2 Å². The zero-order chi connectivity index (χ0) is 21.4. The summed E-state index contributed by atoms with van der Waals surface area (Å²) in [7, 11) is -1.93.